The van der Waals surface area contributed by atoms with Gasteiger partial charge < -0.3 is 9.64 Å². The van der Waals surface area contributed by atoms with Crippen LogP contribution in [-0.4, -0.2) is 59.3 Å². The van der Waals surface area contributed by atoms with Crippen molar-refractivity contribution in [1.82, 2.24) is 15.1 Å². The third-order valence-corrected chi connectivity index (χ3v) is 7.50. The highest BCUT2D eigenvalue weighted by Crippen LogP contribution is 2.31. The van der Waals surface area contributed by atoms with Crippen molar-refractivity contribution in [2.45, 2.75) is 76.5 Å². The molecule has 0 radical (unpaired) electrons. The summed E-state index contributed by atoms with van der Waals surface area (Å²) in [6.45, 7) is 3.71. The average molecular weight is 440 g/mol. The summed E-state index contributed by atoms with van der Waals surface area (Å²) in [4.78, 5) is 40.7. The Morgan fingerprint density at radius 2 is 1.84 bits per heavy atom. The topological polar surface area (TPSA) is 79.0 Å². The second-order valence-electron chi connectivity index (χ2n) is 9.86. The van der Waals surface area contributed by atoms with E-state index in [0.717, 1.165) is 43.2 Å². The third-order valence-electron chi connectivity index (χ3n) is 7.50. The van der Waals surface area contributed by atoms with E-state index in [-0.39, 0.29) is 30.2 Å². The van der Waals surface area contributed by atoms with Gasteiger partial charge in [-0.1, -0.05) is 19.3 Å². The first-order valence-corrected chi connectivity index (χ1v) is 12.2. The molecule has 1 aromatic rings. The number of carbonyl (C=O) groups excluding carboxylic acids is 3. The van der Waals surface area contributed by atoms with E-state index in [2.05, 4.69) is 10.2 Å². The fraction of sp³-hybridized carbons (Fsp3) is 0.640. The molecule has 4 aliphatic rings. The second kappa shape index (κ2) is 9.22. The average Bonchev–Trinajstić information content (AvgIpc) is 3.10. The zero-order valence-electron chi connectivity index (χ0n) is 18.7. The lowest BCUT2D eigenvalue weighted by molar-refractivity contribution is -0.136. The molecule has 1 saturated carbocycles. The molecule has 3 aliphatic heterocycles. The van der Waals surface area contributed by atoms with E-state index < -0.39 is 6.04 Å². The van der Waals surface area contributed by atoms with E-state index in [9.17, 15) is 14.4 Å². The van der Waals surface area contributed by atoms with Crippen LogP contribution >= 0.6 is 0 Å². The summed E-state index contributed by atoms with van der Waals surface area (Å²) in [5.41, 5.74) is 1.52. The van der Waals surface area contributed by atoms with Gasteiger partial charge in [-0.3, -0.25) is 24.6 Å². The maximum Gasteiger partial charge on any atom is 0.255 e. The van der Waals surface area contributed by atoms with Gasteiger partial charge in [0.15, 0.2) is 0 Å². The normalized spacial score (nSPS) is 27.4. The molecule has 1 aliphatic carbocycles. The first-order chi connectivity index (χ1) is 15.6. The number of hydrogen-bond donors (Lipinski definition) is 1. The Bertz CT molecular complexity index is 895. The molecule has 3 fully saturated rings. The van der Waals surface area contributed by atoms with E-state index >= 15 is 0 Å². The lowest BCUT2D eigenvalue weighted by atomic mass is 9.88. The molecule has 5 rings (SSSR count). The van der Waals surface area contributed by atoms with Crippen LogP contribution in [0.5, 0.6) is 5.75 Å². The lowest BCUT2D eigenvalue weighted by Crippen LogP contribution is -2.52. The van der Waals surface area contributed by atoms with Crippen LogP contribution < -0.4 is 10.1 Å². The number of benzene rings is 1. The second-order valence-corrected chi connectivity index (χ2v) is 9.86. The van der Waals surface area contributed by atoms with Crippen LogP contribution in [0.4, 0.5) is 0 Å². The Kier molecular flexibility index (Phi) is 6.17. The van der Waals surface area contributed by atoms with Gasteiger partial charge in [-0.15, -0.1) is 0 Å². The van der Waals surface area contributed by atoms with E-state index in [4.69, 9.17) is 4.74 Å². The molecule has 0 aromatic heterocycles. The first kappa shape index (κ1) is 21.4. The van der Waals surface area contributed by atoms with Gasteiger partial charge in [0.05, 0.1) is 0 Å². The zero-order valence-corrected chi connectivity index (χ0v) is 18.7. The fourth-order valence-corrected chi connectivity index (χ4v) is 5.83. The Labute approximate surface area is 189 Å². The number of rotatable bonds is 5. The van der Waals surface area contributed by atoms with Gasteiger partial charge in [-0.05, 0) is 68.3 Å². The standard InChI is InChI=1S/C25H33N3O4/c29-23-11-10-22(24(30)26-23)28-15-18-13-19(8-9-21(18)25(28)31)32-20-7-4-12-27(16-20)14-17-5-2-1-3-6-17/h8-9,13,17,20,22H,1-7,10-12,14-16H2,(H,26,29,30)/t20-,22?/m1/s1. The summed E-state index contributed by atoms with van der Waals surface area (Å²) in [6.07, 6.45) is 9.91. The zero-order chi connectivity index (χ0) is 22.1. The maximum atomic E-state index is 12.9. The Balaban J connectivity index is 1.20. The summed E-state index contributed by atoms with van der Waals surface area (Å²) in [5.74, 6) is 0.852. The van der Waals surface area contributed by atoms with Crippen molar-refractivity contribution in [3.05, 3.63) is 29.3 Å². The molecule has 172 valence electrons. The van der Waals surface area contributed by atoms with E-state index in [0.29, 0.717) is 18.5 Å². The maximum absolute atomic E-state index is 12.9. The van der Waals surface area contributed by atoms with Crippen LogP contribution in [-0.2, 0) is 16.1 Å². The van der Waals surface area contributed by atoms with E-state index in [1.165, 1.54) is 38.6 Å². The van der Waals surface area contributed by atoms with Crippen LogP contribution in [0, 0.1) is 5.92 Å². The molecule has 1 aromatic carbocycles. The minimum Gasteiger partial charge on any atom is -0.489 e. The molecule has 7 nitrogen and oxygen atoms in total. The number of hydrogen-bond acceptors (Lipinski definition) is 5. The molecule has 32 heavy (non-hydrogen) atoms. The Morgan fingerprint density at radius 1 is 1.00 bits per heavy atom. The number of imide groups is 1. The number of nitrogens with one attached hydrogen (secondary N) is 1. The van der Waals surface area contributed by atoms with E-state index in [1.807, 2.05) is 18.2 Å². The van der Waals surface area contributed by atoms with Crippen molar-refractivity contribution in [2.24, 2.45) is 5.92 Å². The van der Waals surface area contributed by atoms with Crippen LogP contribution in [0.1, 0.15) is 73.7 Å². The van der Waals surface area contributed by atoms with Crippen molar-refractivity contribution in [1.29, 1.82) is 0 Å². The van der Waals surface area contributed by atoms with Gasteiger partial charge in [-0.25, -0.2) is 0 Å². The number of amides is 3. The quantitative estimate of drug-likeness (QED) is 0.714. The molecule has 2 saturated heterocycles. The van der Waals surface area contributed by atoms with Crippen molar-refractivity contribution in [2.75, 3.05) is 19.6 Å². The molecule has 1 unspecified atom stereocenters. The van der Waals surface area contributed by atoms with Crippen molar-refractivity contribution in [3.8, 4) is 5.75 Å². The Hall–Kier alpha value is -2.41. The van der Waals surface area contributed by atoms with Crippen LogP contribution in [0.3, 0.4) is 0 Å². The van der Waals surface area contributed by atoms with Crippen LogP contribution in [0.2, 0.25) is 0 Å². The first-order valence-electron chi connectivity index (χ1n) is 12.2. The summed E-state index contributed by atoms with van der Waals surface area (Å²) < 4.78 is 6.36. The molecular weight excluding hydrogens is 406 g/mol. The summed E-state index contributed by atoms with van der Waals surface area (Å²) in [7, 11) is 0. The number of carbonyl (C=O) groups is 3. The largest absolute Gasteiger partial charge is 0.489 e. The predicted molar refractivity (Wildman–Crippen MR) is 119 cm³/mol. The van der Waals surface area contributed by atoms with Gasteiger partial charge in [0, 0.05) is 31.6 Å². The van der Waals surface area contributed by atoms with Crippen molar-refractivity contribution in [3.63, 3.8) is 0 Å². The number of piperidine rings is 2. The summed E-state index contributed by atoms with van der Waals surface area (Å²) in [5, 5.41) is 2.35. The molecule has 3 heterocycles. The minimum absolute atomic E-state index is 0.141. The predicted octanol–water partition coefficient (Wildman–Crippen LogP) is 2.87. The van der Waals surface area contributed by atoms with Gasteiger partial charge in [-0.2, -0.15) is 0 Å². The molecular formula is C25H33N3O4. The number of fused-ring (bicyclic) bond motifs is 1. The lowest BCUT2D eigenvalue weighted by Gasteiger charge is -2.36. The third kappa shape index (κ3) is 4.53. The summed E-state index contributed by atoms with van der Waals surface area (Å²) in [6, 6.07) is 5.08. The molecule has 3 amide bonds. The molecule has 2 atom stereocenters. The van der Waals surface area contributed by atoms with Gasteiger partial charge in [0.2, 0.25) is 11.8 Å². The fourth-order valence-electron chi connectivity index (χ4n) is 5.83. The smallest absolute Gasteiger partial charge is 0.255 e. The SMILES string of the molecule is O=C1CCC(N2Cc3cc(O[C@@H]4CCCN(CC5CCCCC5)C4)ccc3C2=O)C(=O)N1. The van der Waals surface area contributed by atoms with Crippen LogP contribution in [0.25, 0.3) is 0 Å². The summed E-state index contributed by atoms with van der Waals surface area (Å²) >= 11 is 0. The molecule has 1 N–H and O–H groups in total. The van der Waals surface area contributed by atoms with Crippen LogP contribution in [0.15, 0.2) is 18.2 Å². The van der Waals surface area contributed by atoms with E-state index in [1.54, 1.807) is 4.90 Å². The Morgan fingerprint density at radius 3 is 2.66 bits per heavy atom. The van der Waals surface area contributed by atoms with Gasteiger partial charge in [0.1, 0.15) is 17.9 Å². The number of ether oxygens (including phenoxy) is 1. The monoisotopic (exact) mass is 439 g/mol. The molecule has 0 spiro atoms. The van der Waals surface area contributed by atoms with Crippen molar-refractivity contribution >= 4 is 17.7 Å². The molecule has 7 heteroatoms. The highest BCUT2D eigenvalue weighted by Gasteiger charge is 2.39. The number of likely N-dealkylation sites (tertiary alicyclic amines) is 1. The molecule has 0 bridgehead atoms. The minimum atomic E-state index is -0.580. The highest BCUT2D eigenvalue weighted by molar-refractivity contribution is 6.05. The van der Waals surface area contributed by atoms with Gasteiger partial charge in [0.25, 0.3) is 5.91 Å². The van der Waals surface area contributed by atoms with Gasteiger partial charge >= 0.3 is 0 Å². The highest BCUT2D eigenvalue weighted by atomic mass is 16.5. The van der Waals surface area contributed by atoms with Crippen molar-refractivity contribution < 1.29 is 19.1 Å². The number of nitrogens with zero attached hydrogens (tertiary/aromatic N) is 2.